The predicted octanol–water partition coefficient (Wildman–Crippen LogP) is 3.72. The quantitative estimate of drug-likeness (QED) is 0.892. The average molecular weight is 325 g/mol. The molecule has 1 unspecified atom stereocenters. The van der Waals surface area contributed by atoms with Crippen LogP contribution in [0.5, 0.6) is 0 Å². The Kier molecular flexibility index (Phi) is 4.77. The van der Waals surface area contributed by atoms with Crippen LogP contribution in [-0.2, 0) is 13.0 Å². The highest BCUT2D eigenvalue weighted by Crippen LogP contribution is 2.18. The fourth-order valence-electron chi connectivity index (χ4n) is 2.04. The van der Waals surface area contributed by atoms with E-state index in [1.54, 1.807) is 0 Å². The first-order chi connectivity index (χ1) is 9.10. The van der Waals surface area contributed by atoms with Crippen LogP contribution in [0.4, 0.5) is 4.39 Å². The van der Waals surface area contributed by atoms with Gasteiger partial charge in [0.15, 0.2) is 0 Å². The van der Waals surface area contributed by atoms with Crippen molar-refractivity contribution in [2.45, 2.75) is 32.4 Å². The smallest absolute Gasteiger partial charge is 0.137 e. The molecule has 2 N–H and O–H groups in total. The molecule has 0 saturated heterocycles. The van der Waals surface area contributed by atoms with Gasteiger partial charge in [0.2, 0.25) is 0 Å². The van der Waals surface area contributed by atoms with Crippen LogP contribution in [0.1, 0.15) is 24.6 Å². The highest BCUT2D eigenvalue weighted by atomic mass is 79.9. The Morgan fingerprint density at radius 3 is 2.84 bits per heavy atom. The van der Waals surface area contributed by atoms with Gasteiger partial charge in [-0.15, -0.1) is 0 Å². The number of benzene rings is 1. The molecule has 19 heavy (non-hydrogen) atoms. The van der Waals surface area contributed by atoms with Gasteiger partial charge in [0.25, 0.3) is 0 Å². The Morgan fingerprint density at radius 1 is 1.37 bits per heavy atom. The van der Waals surface area contributed by atoms with E-state index in [4.69, 9.17) is 5.73 Å². The van der Waals surface area contributed by atoms with Crippen molar-refractivity contribution < 1.29 is 4.39 Å². The molecular formula is C15H18BrFN2. The zero-order valence-corrected chi connectivity index (χ0v) is 12.5. The third-order valence-corrected chi connectivity index (χ3v) is 3.86. The molecule has 0 radical (unpaired) electrons. The van der Waals surface area contributed by atoms with Gasteiger partial charge in [0, 0.05) is 30.9 Å². The van der Waals surface area contributed by atoms with Crippen molar-refractivity contribution in [2.24, 2.45) is 5.73 Å². The summed E-state index contributed by atoms with van der Waals surface area (Å²) < 4.78 is 15.9. The van der Waals surface area contributed by atoms with E-state index in [2.05, 4.69) is 33.5 Å². The number of rotatable bonds is 5. The summed E-state index contributed by atoms with van der Waals surface area (Å²) in [6.07, 6.45) is 3.87. The minimum atomic E-state index is -0.232. The van der Waals surface area contributed by atoms with Crippen LogP contribution in [0.3, 0.4) is 0 Å². The molecule has 0 aliphatic rings. The Morgan fingerprint density at radius 2 is 2.16 bits per heavy atom. The Labute approximate surface area is 121 Å². The first-order valence-corrected chi connectivity index (χ1v) is 7.23. The normalized spacial score (nSPS) is 12.6. The lowest BCUT2D eigenvalue weighted by Crippen LogP contribution is -2.23. The van der Waals surface area contributed by atoms with E-state index in [1.165, 1.54) is 11.8 Å². The standard InChI is InChI=1S/C15H18BrFN2/c1-2-12(18)9-13-4-3-7-19(13)10-11-5-6-15(17)14(16)8-11/h3-8,12H,2,9-10,18H2,1H3. The van der Waals surface area contributed by atoms with Crippen molar-refractivity contribution in [3.05, 3.63) is 58.1 Å². The summed E-state index contributed by atoms with van der Waals surface area (Å²) in [7, 11) is 0. The molecular weight excluding hydrogens is 307 g/mol. The topological polar surface area (TPSA) is 30.9 Å². The monoisotopic (exact) mass is 324 g/mol. The summed E-state index contributed by atoms with van der Waals surface area (Å²) in [5.41, 5.74) is 8.28. The molecule has 1 atom stereocenters. The molecule has 2 aromatic rings. The van der Waals surface area contributed by atoms with Gasteiger partial charge in [0.05, 0.1) is 4.47 Å². The molecule has 0 aliphatic heterocycles. The van der Waals surface area contributed by atoms with Gasteiger partial charge < -0.3 is 10.3 Å². The van der Waals surface area contributed by atoms with Crippen LogP contribution in [-0.4, -0.2) is 10.6 Å². The maximum absolute atomic E-state index is 13.2. The molecule has 1 aromatic heterocycles. The second-order valence-corrected chi connectivity index (χ2v) is 5.60. The molecule has 0 fully saturated rings. The molecule has 2 rings (SSSR count). The van der Waals surface area contributed by atoms with E-state index in [1.807, 2.05) is 24.4 Å². The summed E-state index contributed by atoms with van der Waals surface area (Å²) >= 11 is 3.22. The van der Waals surface area contributed by atoms with Crippen LogP contribution in [0.25, 0.3) is 0 Å². The maximum atomic E-state index is 13.2. The molecule has 0 amide bonds. The predicted molar refractivity (Wildman–Crippen MR) is 79.6 cm³/mol. The third-order valence-electron chi connectivity index (χ3n) is 3.26. The van der Waals surface area contributed by atoms with Crippen LogP contribution in [0.2, 0.25) is 0 Å². The van der Waals surface area contributed by atoms with Crippen molar-refractivity contribution in [1.29, 1.82) is 0 Å². The van der Waals surface area contributed by atoms with Crippen molar-refractivity contribution in [2.75, 3.05) is 0 Å². The number of hydrogen-bond acceptors (Lipinski definition) is 1. The van der Waals surface area contributed by atoms with E-state index >= 15 is 0 Å². The lowest BCUT2D eigenvalue weighted by Gasteiger charge is -2.13. The number of hydrogen-bond donors (Lipinski definition) is 1. The first-order valence-electron chi connectivity index (χ1n) is 6.43. The molecule has 0 bridgehead atoms. The summed E-state index contributed by atoms with van der Waals surface area (Å²) in [4.78, 5) is 0. The largest absolute Gasteiger partial charge is 0.347 e. The Balaban J connectivity index is 2.14. The number of nitrogens with two attached hydrogens (primary N) is 1. The second kappa shape index (κ2) is 6.35. The number of aromatic nitrogens is 1. The van der Waals surface area contributed by atoms with E-state index in [-0.39, 0.29) is 11.9 Å². The van der Waals surface area contributed by atoms with Crippen molar-refractivity contribution in [3.8, 4) is 0 Å². The van der Waals surface area contributed by atoms with E-state index in [0.717, 1.165) is 24.9 Å². The molecule has 0 aliphatic carbocycles. The van der Waals surface area contributed by atoms with Gasteiger partial charge in [-0.1, -0.05) is 13.0 Å². The molecule has 102 valence electrons. The van der Waals surface area contributed by atoms with Crippen molar-refractivity contribution in [1.82, 2.24) is 4.57 Å². The van der Waals surface area contributed by atoms with E-state index < -0.39 is 0 Å². The average Bonchev–Trinajstić information content (AvgIpc) is 2.81. The molecule has 1 heterocycles. The number of halogens is 2. The summed E-state index contributed by atoms with van der Waals surface area (Å²) in [6, 6.07) is 9.42. The highest BCUT2D eigenvalue weighted by molar-refractivity contribution is 9.10. The van der Waals surface area contributed by atoms with Gasteiger partial charge in [-0.2, -0.15) is 0 Å². The van der Waals surface area contributed by atoms with Gasteiger partial charge in [0.1, 0.15) is 5.82 Å². The third kappa shape index (κ3) is 3.67. The van der Waals surface area contributed by atoms with E-state index in [0.29, 0.717) is 4.47 Å². The second-order valence-electron chi connectivity index (χ2n) is 4.75. The van der Waals surface area contributed by atoms with Crippen LogP contribution in [0.15, 0.2) is 41.0 Å². The zero-order valence-electron chi connectivity index (χ0n) is 10.9. The SMILES string of the molecule is CCC(N)Cc1cccn1Cc1ccc(F)c(Br)c1. The molecule has 1 aromatic carbocycles. The zero-order chi connectivity index (χ0) is 13.8. The van der Waals surface area contributed by atoms with Crippen molar-refractivity contribution in [3.63, 3.8) is 0 Å². The Bertz CT molecular complexity index is 551. The molecule has 0 spiro atoms. The summed E-state index contributed by atoms with van der Waals surface area (Å²) in [6.45, 7) is 2.83. The summed E-state index contributed by atoms with van der Waals surface area (Å²) in [5, 5.41) is 0. The van der Waals surface area contributed by atoms with Gasteiger partial charge in [-0.25, -0.2) is 4.39 Å². The van der Waals surface area contributed by atoms with Gasteiger partial charge in [-0.05, 0) is 52.2 Å². The fourth-order valence-corrected chi connectivity index (χ4v) is 2.46. The minimum absolute atomic E-state index is 0.189. The fraction of sp³-hybridized carbons (Fsp3) is 0.333. The van der Waals surface area contributed by atoms with Crippen molar-refractivity contribution >= 4 is 15.9 Å². The number of nitrogens with zero attached hydrogens (tertiary/aromatic N) is 1. The summed E-state index contributed by atoms with van der Waals surface area (Å²) in [5.74, 6) is -0.232. The van der Waals surface area contributed by atoms with Gasteiger partial charge in [-0.3, -0.25) is 0 Å². The van der Waals surface area contributed by atoms with Gasteiger partial charge >= 0.3 is 0 Å². The van der Waals surface area contributed by atoms with Crippen LogP contribution >= 0.6 is 15.9 Å². The highest BCUT2D eigenvalue weighted by Gasteiger charge is 2.07. The maximum Gasteiger partial charge on any atom is 0.137 e. The molecule has 0 saturated carbocycles. The Hall–Kier alpha value is -1.13. The van der Waals surface area contributed by atoms with E-state index in [9.17, 15) is 4.39 Å². The van der Waals surface area contributed by atoms with Crippen LogP contribution < -0.4 is 5.73 Å². The minimum Gasteiger partial charge on any atom is -0.347 e. The van der Waals surface area contributed by atoms with Crippen LogP contribution in [0, 0.1) is 5.82 Å². The molecule has 4 heteroatoms. The first kappa shape index (κ1) is 14.3. The lowest BCUT2D eigenvalue weighted by molar-refractivity contribution is 0.607. The lowest BCUT2D eigenvalue weighted by atomic mass is 10.1. The molecule has 2 nitrogen and oxygen atoms in total.